The summed E-state index contributed by atoms with van der Waals surface area (Å²) >= 11 is 0. The molecular formula is C11H23N3. The second-order valence-electron chi connectivity index (χ2n) is 3.14. The molecule has 0 bridgehead atoms. The minimum Gasteiger partial charge on any atom is -0.369 e. The fourth-order valence-corrected chi connectivity index (χ4v) is 1.08. The van der Waals surface area contributed by atoms with Crippen LogP contribution in [0.15, 0.2) is 17.1 Å². The van der Waals surface area contributed by atoms with Crippen LogP contribution in [0.1, 0.15) is 26.7 Å². The monoisotopic (exact) mass is 197 g/mol. The Morgan fingerprint density at radius 1 is 1.29 bits per heavy atom. The van der Waals surface area contributed by atoms with Crippen molar-refractivity contribution in [3.05, 3.63) is 12.2 Å². The molecule has 0 saturated carbocycles. The van der Waals surface area contributed by atoms with Gasteiger partial charge in [0.15, 0.2) is 0 Å². The van der Waals surface area contributed by atoms with E-state index in [4.69, 9.17) is 0 Å². The van der Waals surface area contributed by atoms with Crippen LogP contribution >= 0.6 is 0 Å². The molecule has 2 N–H and O–H groups in total. The van der Waals surface area contributed by atoms with E-state index in [9.17, 15) is 0 Å². The number of nitrogens with zero attached hydrogens (tertiary/aromatic N) is 1. The highest BCUT2D eigenvalue weighted by molar-refractivity contribution is 5.92. The molecule has 0 aliphatic heterocycles. The molecule has 0 radical (unpaired) electrons. The maximum atomic E-state index is 4.10. The Morgan fingerprint density at radius 3 is 2.64 bits per heavy atom. The Hall–Kier alpha value is -0.830. The molecule has 0 aliphatic carbocycles. The molecule has 0 aliphatic rings. The first kappa shape index (κ1) is 13.2. The van der Waals surface area contributed by atoms with Crippen molar-refractivity contribution in [1.82, 2.24) is 10.6 Å². The Labute approximate surface area is 87.7 Å². The van der Waals surface area contributed by atoms with Crippen LogP contribution in [0.25, 0.3) is 0 Å². The molecule has 0 spiro atoms. The number of nitrogens with one attached hydrogen (secondary N) is 2. The van der Waals surface area contributed by atoms with E-state index < -0.39 is 0 Å². The minimum atomic E-state index is 0.931. The third-order valence-corrected chi connectivity index (χ3v) is 1.88. The lowest BCUT2D eigenvalue weighted by atomic mass is 10.3. The largest absolute Gasteiger partial charge is 0.369 e. The lowest BCUT2D eigenvalue weighted by Gasteiger charge is -2.06. The minimum absolute atomic E-state index is 0.931. The fraction of sp³-hybridized carbons (Fsp3) is 0.727. The number of allylic oxidation sites excluding steroid dienone is 1. The van der Waals surface area contributed by atoms with Gasteiger partial charge in [-0.05, 0) is 26.0 Å². The third-order valence-electron chi connectivity index (χ3n) is 1.88. The Bertz CT molecular complexity index is 173. The first-order valence-corrected chi connectivity index (χ1v) is 5.39. The van der Waals surface area contributed by atoms with Crippen LogP contribution in [0.5, 0.6) is 0 Å². The van der Waals surface area contributed by atoms with Gasteiger partial charge in [0.25, 0.3) is 0 Å². The van der Waals surface area contributed by atoms with Gasteiger partial charge in [-0.25, -0.2) is 0 Å². The second-order valence-corrected chi connectivity index (χ2v) is 3.14. The van der Waals surface area contributed by atoms with Crippen LogP contribution in [-0.2, 0) is 0 Å². The Balaban J connectivity index is 3.34. The van der Waals surface area contributed by atoms with Gasteiger partial charge in [0.2, 0.25) is 0 Å². The van der Waals surface area contributed by atoms with Crippen molar-refractivity contribution in [2.75, 3.05) is 26.7 Å². The number of aliphatic imine (C=N–C) groups is 1. The molecule has 0 heterocycles. The van der Waals surface area contributed by atoms with E-state index >= 15 is 0 Å². The predicted octanol–water partition coefficient (Wildman–Crippen LogP) is 1.57. The average Bonchev–Trinajstić information content (AvgIpc) is 2.21. The molecular weight excluding hydrogens is 174 g/mol. The van der Waals surface area contributed by atoms with Crippen molar-refractivity contribution in [3.63, 3.8) is 0 Å². The highest BCUT2D eigenvalue weighted by atomic mass is 15.0. The van der Waals surface area contributed by atoms with Crippen LogP contribution in [-0.4, -0.2) is 32.5 Å². The molecule has 0 unspecified atom stereocenters. The maximum Gasteiger partial charge on any atom is 0.120 e. The molecule has 3 nitrogen and oxygen atoms in total. The van der Waals surface area contributed by atoms with E-state index in [0.29, 0.717) is 0 Å². The highest BCUT2D eigenvalue weighted by Gasteiger charge is 1.90. The van der Waals surface area contributed by atoms with Crippen molar-refractivity contribution >= 4 is 5.84 Å². The predicted molar refractivity (Wildman–Crippen MR) is 64.0 cm³/mol. The van der Waals surface area contributed by atoms with Gasteiger partial charge >= 0.3 is 0 Å². The summed E-state index contributed by atoms with van der Waals surface area (Å²) in [5.41, 5.74) is 0. The van der Waals surface area contributed by atoms with Crippen LogP contribution in [0.3, 0.4) is 0 Å². The van der Waals surface area contributed by atoms with Crippen LogP contribution in [0, 0.1) is 0 Å². The average molecular weight is 197 g/mol. The third kappa shape index (κ3) is 7.80. The van der Waals surface area contributed by atoms with Gasteiger partial charge in [-0.2, -0.15) is 0 Å². The zero-order valence-electron chi connectivity index (χ0n) is 9.64. The van der Waals surface area contributed by atoms with E-state index in [2.05, 4.69) is 22.5 Å². The van der Waals surface area contributed by atoms with Gasteiger partial charge < -0.3 is 10.6 Å². The van der Waals surface area contributed by atoms with E-state index in [1.807, 2.05) is 19.1 Å². The molecule has 0 fully saturated rings. The molecule has 0 aromatic rings. The summed E-state index contributed by atoms with van der Waals surface area (Å²) in [6.07, 6.45) is 6.47. The molecule has 0 aromatic carbocycles. The summed E-state index contributed by atoms with van der Waals surface area (Å²) in [6, 6.07) is 0. The molecule has 3 heteroatoms. The van der Waals surface area contributed by atoms with Crippen LogP contribution in [0.2, 0.25) is 0 Å². The maximum absolute atomic E-state index is 4.10. The van der Waals surface area contributed by atoms with Gasteiger partial charge in [0, 0.05) is 20.1 Å². The molecule has 82 valence electrons. The van der Waals surface area contributed by atoms with E-state index in [-0.39, 0.29) is 0 Å². The zero-order chi connectivity index (χ0) is 10.6. The highest BCUT2D eigenvalue weighted by Crippen LogP contribution is 1.81. The zero-order valence-corrected chi connectivity index (χ0v) is 9.64. The Morgan fingerprint density at radius 2 is 2.07 bits per heavy atom. The number of amidine groups is 1. The topological polar surface area (TPSA) is 36.4 Å². The standard InChI is InChI=1S/C11H23N3/c1-4-6-8-13-9-10-14-11(12-3)7-5-2/h5,7,13H,4,6,8-10H2,1-3H3,(H,12,14). The lowest BCUT2D eigenvalue weighted by Crippen LogP contribution is -2.31. The number of hydrogen-bond acceptors (Lipinski definition) is 2. The molecule has 0 atom stereocenters. The molecule has 14 heavy (non-hydrogen) atoms. The van der Waals surface area contributed by atoms with Crippen molar-refractivity contribution in [3.8, 4) is 0 Å². The van der Waals surface area contributed by atoms with Gasteiger partial charge in [-0.15, -0.1) is 0 Å². The normalized spacial score (nSPS) is 12.4. The van der Waals surface area contributed by atoms with Gasteiger partial charge in [-0.3, -0.25) is 4.99 Å². The summed E-state index contributed by atoms with van der Waals surface area (Å²) in [5.74, 6) is 0.949. The Kier molecular flexibility index (Phi) is 9.64. The summed E-state index contributed by atoms with van der Waals surface area (Å²) < 4.78 is 0. The smallest absolute Gasteiger partial charge is 0.120 e. The summed E-state index contributed by atoms with van der Waals surface area (Å²) in [4.78, 5) is 4.10. The fourth-order valence-electron chi connectivity index (χ4n) is 1.08. The van der Waals surface area contributed by atoms with E-state index in [1.54, 1.807) is 7.05 Å². The van der Waals surface area contributed by atoms with Gasteiger partial charge in [0.05, 0.1) is 0 Å². The molecule has 0 rings (SSSR count). The van der Waals surface area contributed by atoms with Crippen LogP contribution < -0.4 is 10.6 Å². The SMILES string of the molecule is CC=CC(=NC)NCCNCCCC. The molecule has 0 amide bonds. The van der Waals surface area contributed by atoms with E-state index in [1.165, 1.54) is 12.8 Å². The van der Waals surface area contributed by atoms with Gasteiger partial charge in [0.1, 0.15) is 5.84 Å². The summed E-state index contributed by atoms with van der Waals surface area (Å²) in [7, 11) is 1.80. The number of unbranched alkanes of at least 4 members (excludes halogenated alkanes) is 1. The lowest BCUT2D eigenvalue weighted by molar-refractivity contribution is 0.632. The first-order valence-electron chi connectivity index (χ1n) is 5.39. The van der Waals surface area contributed by atoms with Crippen LogP contribution in [0.4, 0.5) is 0 Å². The molecule has 0 saturated heterocycles. The number of rotatable bonds is 7. The van der Waals surface area contributed by atoms with Gasteiger partial charge in [-0.1, -0.05) is 19.4 Å². The van der Waals surface area contributed by atoms with Crippen molar-refractivity contribution in [1.29, 1.82) is 0 Å². The van der Waals surface area contributed by atoms with Crippen molar-refractivity contribution in [2.45, 2.75) is 26.7 Å². The van der Waals surface area contributed by atoms with E-state index in [0.717, 1.165) is 25.5 Å². The second kappa shape index (κ2) is 10.3. The molecule has 0 aromatic heterocycles. The number of hydrogen-bond donors (Lipinski definition) is 2. The summed E-state index contributed by atoms with van der Waals surface area (Å²) in [5, 5.41) is 6.61. The quantitative estimate of drug-likeness (QED) is 0.369. The first-order chi connectivity index (χ1) is 6.85. The van der Waals surface area contributed by atoms with Crippen molar-refractivity contribution in [2.24, 2.45) is 4.99 Å². The van der Waals surface area contributed by atoms with Crippen molar-refractivity contribution < 1.29 is 0 Å². The summed E-state index contributed by atoms with van der Waals surface area (Å²) in [6.45, 7) is 7.23.